The number of rotatable bonds is 5. The van der Waals surface area contributed by atoms with Crippen molar-refractivity contribution in [2.24, 2.45) is 5.92 Å². The molecule has 0 unspecified atom stereocenters. The highest BCUT2D eigenvalue weighted by Gasteiger charge is 2.14. The number of aromatic nitrogens is 1. The van der Waals surface area contributed by atoms with Crippen LogP contribution in [0.3, 0.4) is 0 Å². The molecule has 1 saturated heterocycles. The molecule has 0 amide bonds. The maximum atomic E-state index is 9.58. The van der Waals surface area contributed by atoms with Crippen LogP contribution >= 0.6 is 0 Å². The van der Waals surface area contributed by atoms with Gasteiger partial charge in [0.05, 0.1) is 5.56 Å². The second kappa shape index (κ2) is 7.59. The molecule has 3 aromatic rings. The summed E-state index contributed by atoms with van der Waals surface area (Å²) < 4.78 is 2.20. The van der Waals surface area contributed by atoms with E-state index >= 15 is 0 Å². The van der Waals surface area contributed by atoms with E-state index in [-0.39, 0.29) is 0 Å². The third-order valence-corrected chi connectivity index (χ3v) is 5.64. The van der Waals surface area contributed by atoms with Crippen LogP contribution in [0.4, 0.5) is 17.1 Å². The average Bonchev–Trinajstić information content (AvgIpc) is 3.35. The van der Waals surface area contributed by atoms with Crippen LogP contribution in [0.25, 0.3) is 10.9 Å². The SMILES string of the molecule is CC(C)Cn1cc(C#N)c2cc(N(C)c3ccc(N4CCCC4)cc3)ccc21. The fraction of sp³-hybridized carbons (Fsp3) is 0.375. The van der Waals surface area contributed by atoms with E-state index in [4.69, 9.17) is 0 Å². The summed E-state index contributed by atoms with van der Waals surface area (Å²) in [5.41, 5.74) is 5.44. The molecule has 0 aliphatic carbocycles. The van der Waals surface area contributed by atoms with Gasteiger partial charge in [-0.05, 0) is 61.2 Å². The number of nitriles is 1. The monoisotopic (exact) mass is 372 g/mol. The Labute approximate surface area is 167 Å². The second-order valence-electron chi connectivity index (χ2n) is 8.17. The van der Waals surface area contributed by atoms with Crippen molar-refractivity contribution in [3.8, 4) is 6.07 Å². The van der Waals surface area contributed by atoms with Crippen molar-refractivity contribution < 1.29 is 0 Å². The Morgan fingerprint density at radius 1 is 1.04 bits per heavy atom. The van der Waals surface area contributed by atoms with Gasteiger partial charge in [-0.2, -0.15) is 5.26 Å². The molecule has 1 aromatic heterocycles. The molecule has 2 heterocycles. The lowest BCUT2D eigenvalue weighted by Crippen LogP contribution is -2.17. The molecule has 1 aliphatic heterocycles. The third-order valence-electron chi connectivity index (χ3n) is 5.64. The molecule has 0 radical (unpaired) electrons. The van der Waals surface area contributed by atoms with Crippen LogP contribution in [0, 0.1) is 17.2 Å². The lowest BCUT2D eigenvalue weighted by Gasteiger charge is -2.22. The highest BCUT2D eigenvalue weighted by molar-refractivity contribution is 5.90. The van der Waals surface area contributed by atoms with Crippen molar-refractivity contribution in [1.29, 1.82) is 5.26 Å². The zero-order valence-electron chi connectivity index (χ0n) is 17.0. The summed E-state index contributed by atoms with van der Waals surface area (Å²) in [6, 6.07) is 17.6. The minimum absolute atomic E-state index is 0.540. The van der Waals surface area contributed by atoms with E-state index in [0.29, 0.717) is 5.92 Å². The maximum Gasteiger partial charge on any atom is 0.101 e. The number of anilines is 3. The van der Waals surface area contributed by atoms with E-state index in [9.17, 15) is 5.26 Å². The zero-order chi connectivity index (χ0) is 19.7. The first-order valence-corrected chi connectivity index (χ1v) is 10.2. The predicted octanol–water partition coefficient (Wildman–Crippen LogP) is 5.54. The molecule has 1 aliphatic rings. The molecule has 28 heavy (non-hydrogen) atoms. The van der Waals surface area contributed by atoms with Gasteiger partial charge in [-0.1, -0.05) is 13.8 Å². The van der Waals surface area contributed by atoms with Crippen molar-refractivity contribution >= 4 is 28.0 Å². The Morgan fingerprint density at radius 2 is 1.71 bits per heavy atom. The van der Waals surface area contributed by atoms with Gasteiger partial charge in [-0.25, -0.2) is 0 Å². The summed E-state index contributed by atoms with van der Waals surface area (Å²) in [4.78, 5) is 4.64. The smallest absolute Gasteiger partial charge is 0.101 e. The first-order valence-electron chi connectivity index (χ1n) is 10.2. The summed E-state index contributed by atoms with van der Waals surface area (Å²) >= 11 is 0. The standard InChI is InChI=1S/C24H28N4/c1-18(2)16-28-17-19(15-25)23-14-22(10-11-24(23)28)26(3)20-6-8-21(9-7-20)27-12-4-5-13-27/h6-11,14,17-18H,4-5,12-13,16H2,1-3H3. The summed E-state index contributed by atoms with van der Waals surface area (Å²) in [7, 11) is 2.09. The molecule has 144 valence electrons. The molecule has 1 fully saturated rings. The van der Waals surface area contributed by atoms with Crippen LogP contribution in [0.2, 0.25) is 0 Å². The number of fused-ring (bicyclic) bond motifs is 1. The molecule has 0 saturated carbocycles. The van der Waals surface area contributed by atoms with Crippen molar-refractivity contribution in [2.75, 3.05) is 29.9 Å². The Kier molecular flexibility index (Phi) is 5.00. The molecule has 2 aromatic carbocycles. The second-order valence-corrected chi connectivity index (χ2v) is 8.17. The first kappa shape index (κ1) is 18.4. The van der Waals surface area contributed by atoms with E-state index in [0.717, 1.165) is 47.5 Å². The van der Waals surface area contributed by atoms with Crippen molar-refractivity contribution in [3.63, 3.8) is 0 Å². The molecule has 4 nitrogen and oxygen atoms in total. The van der Waals surface area contributed by atoms with Crippen LogP contribution in [0.5, 0.6) is 0 Å². The fourth-order valence-electron chi connectivity index (χ4n) is 4.14. The van der Waals surface area contributed by atoms with Gasteiger partial charge in [0, 0.05) is 60.8 Å². The van der Waals surface area contributed by atoms with E-state index < -0.39 is 0 Å². The van der Waals surface area contributed by atoms with E-state index in [2.05, 4.69) is 83.8 Å². The first-order chi connectivity index (χ1) is 13.6. The summed E-state index contributed by atoms with van der Waals surface area (Å²) in [6.45, 7) is 7.65. The highest BCUT2D eigenvalue weighted by Crippen LogP contribution is 2.31. The largest absolute Gasteiger partial charge is 0.372 e. The quantitative estimate of drug-likeness (QED) is 0.590. The van der Waals surface area contributed by atoms with Gasteiger partial charge in [-0.15, -0.1) is 0 Å². The Morgan fingerprint density at radius 3 is 2.36 bits per heavy atom. The average molecular weight is 373 g/mol. The number of hydrogen-bond acceptors (Lipinski definition) is 3. The van der Waals surface area contributed by atoms with Crippen LogP contribution < -0.4 is 9.80 Å². The molecule has 4 heteroatoms. The van der Waals surface area contributed by atoms with E-state index in [1.807, 2.05) is 6.20 Å². The third kappa shape index (κ3) is 3.45. The normalized spacial score (nSPS) is 14.0. The van der Waals surface area contributed by atoms with E-state index in [1.165, 1.54) is 18.5 Å². The van der Waals surface area contributed by atoms with Gasteiger partial charge in [0.15, 0.2) is 0 Å². The number of nitrogens with zero attached hydrogens (tertiary/aromatic N) is 4. The lowest BCUT2D eigenvalue weighted by atomic mass is 10.1. The van der Waals surface area contributed by atoms with Gasteiger partial charge >= 0.3 is 0 Å². The number of benzene rings is 2. The minimum atomic E-state index is 0.540. The van der Waals surface area contributed by atoms with Crippen molar-refractivity contribution in [3.05, 3.63) is 54.2 Å². The molecular formula is C24H28N4. The molecular weight excluding hydrogens is 344 g/mol. The Bertz CT molecular complexity index is 1000. The van der Waals surface area contributed by atoms with Crippen molar-refractivity contribution in [1.82, 2.24) is 4.57 Å². The summed E-state index contributed by atoms with van der Waals surface area (Å²) in [5, 5.41) is 10.6. The molecule has 0 bridgehead atoms. The van der Waals surface area contributed by atoms with Crippen molar-refractivity contribution in [2.45, 2.75) is 33.2 Å². The Hall–Kier alpha value is -2.93. The van der Waals surface area contributed by atoms with Gasteiger partial charge in [-0.3, -0.25) is 0 Å². The van der Waals surface area contributed by atoms with Gasteiger partial charge in [0.2, 0.25) is 0 Å². The summed E-state index contributed by atoms with van der Waals surface area (Å²) in [5.74, 6) is 0.540. The lowest BCUT2D eigenvalue weighted by molar-refractivity contribution is 0.535. The Balaban J connectivity index is 1.63. The van der Waals surface area contributed by atoms with Crippen LogP contribution in [-0.2, 0) is 6.54 Å². The molecule has 0 atom stereocenters. The molecule has 4 rings (SSSR count). The molecule has 0 N–H and O–H groups in total. The van der Waals surface area contributed by atoms with E-state index in [1.54, 1.807) is 0 Å². The maximum absolute atomic E-state index is 9.58. The zero-order valence-corrected chi connectivity index (χ0v) is 17.0. The highest BCUT2D eigenvalue weighted by atomic mass is 15.1. The topological polar surface area (TPSA) is 35.2 Å². The number of hydrogen-bond donors (Lipinski definition) is 0. The van der Waals surface area contributed by atoms with Gasteiger partial charge in [0.1, 0.15) is 6.07 Å². The van der Waals surface area contributed by atoms with Crippen LogP contribution in [-0.4, -0.2) is 24.7 Å². The van der Waals surface area contributed by atoms with Gasteiger partial charge < -0.3 is 14.4 Å². The van der Waals surface area contributed by atoms with Crippen LogP contribution in [0.15, 0.2) is 48.7 Å². The fourth-order valence-corrected chi connectivity index (χ4v) is 4.14. The van der Waals surface area contributed by atoms with Crippen LogP contribution in [0.1, 0.15) is 32.3 Å². The minimum Gasteiger partial charge on any atom is -0.372 e. The molecule has 0 spiro atoms. The summed E-state index contributed by atoms with van der Waals surface area (Å²) in [6.07, 6.45) is 4.57. The predicted molar refractivity (Wildman–Crippen MR) is 117 cm³/mol. The van der Waals surface area contributed by atoms with Gasteiger partial charge in [0.25, 0.3) is 0 Å².